The van der Waals surface area contributed by atoms with Crippen LogP contribution < -0.4 is 10.5 Å². The number of nitrogens with one attached hydrogen (secondary N) is 1. The van der Waals surface area contributed by atoms with E-state index in [1.54, 1.807) is 6.92 Å². The molecule has 0 aromatic heterocycles. The second-order valence-electron chi connectivity index (χ2n) is 4.05. The highest BCUT2D eigenvalue weighted by Crippen LogP contribution is 2.15. The summed E-state index contributed by atoms with van der Waals surface area (Å²) in [6.07, 6.45) is -1.86. The van der Waals surface area contributed by atoms with Gasteiger partial charge in [0.05, 0.1) is 4.90 Å². The maximum absolute atomic E-state index is 11.9. The van der Waals surface area contributed by atoms with Gasteiger partial charge in [0.1, 0.15) is 0 Å². The molecule has 20 heavy (non-hydrogen) atoms. The first-order chi connectivity index (χ1) is 9.15. The maximum atomic E-state index is 11.9. The molecule has 110 valence electrons. The fourth-order valence-corrected chi connectivity index (χ4v) is 2.46. The van der Waals surface area contributed by atoms with Gasteiger partial charge in [-0.1, -0.05) is 6.07 Å². The number of hydrogen-bond acceptors (Lipinski definition) is 5. The smallest absolute Gasteiger partial charge is 0.333 e. The second-order valence-corrected chi connectivity index (χ2v) is 5.81. The zero-order chi connectivity index (χ0) is 15.5. The Kier molecular flexibility index (Phi) is 4.82. The van der Waals surface area contributed by atoms with E-state index in [-0.39, 0.29) is 10.5 Å². The first-order valence-electron chi connectivity index (χ1n) is 5.46. The van der Waals surface area contributed by atoms with Crippen molar-refractivity contribution in [2.75, 3.05) is 6.54 Å². The summed E-state index contributed by atoms with van der Waals surface area (Å²) in [5.74, 6) is -2.32. The molecule has 1 rings (SSSR count). The zero-order valence-corrected chi connectivity index (χ0v) is 11.3. The number of hydrogen-bond donors (Lipinski definition) is 4. The van der Waals surface area contributed by atoms with E-state index in [9.17, 15) is 18.0 Å². The molecule has 1 atom stereocenters. The number of carboxylic acid groups (broad SMARTS) is 1. The lowest BCUT2D eigenvalue weighted by atomic mass is 10.1. The topological polar surface area (TPSA) is 147 Å². The summed E-state index contributed by atoms with van der Waals surface area (Å²) in [6, 6.07) is 3.74. The van der Waals surface area contributed by atoms with E-state index in [2.05, 4.69) is 0 Å². The summed E-state index contributed by atoms with van der Waals surface area (Å²) in [6.45, 7) is 0.912. The monoisotopic (exact) mass is 302 g/mol. The number of carbonyl (C=O) groups excluding carboxylic acids is 1. The molecular formula is C11H14N2O6S. The quantitative estimate of drug-likeness (QED) is 0.520. The van der Waals surface area contributed by atoms with Crippen LogP contribution in [0.1, 0.15) is 15.9 Å². The number of amides is 1. The molecule has 0 aliphatic heterocycles. The Hall–Kier alpha value is -1.97. The SMILES string of the molecule is Cc1ccc(S(=O)(=O)NCC(O)C(=O)O)cc1C(N)=O. The Bertz CT molecular complexity index is 640. The van der Waals surface area contributed by atoms with E-state index in [0.717, 1.165) is 6.07 Å². The molecule has 0 bridgehead atoms. The van der Waals surface area contributed by atoms with Crippen LogP contribution in [0.4, 0.5) is 0 Å². The number of benzene rings is 1. The van der Waals surface area contributed by atoms with Crippen molar-refractivity contribution in [2.24, 2.45) is 5.73 Å². The maximum Gasteiger partial charge on any atom is 0.333 e. The van der Waals surface area contributed by atoms with E-state index >= 15 is 0 Å². The second kappa shape index (κ2) is 5.99. The van der Waals surface area contributed by atoms with Crippen molar-refractivity contribution in [3.63, 3.8) is 0 Å². The predicted octanol–water partition coefficient (Wildman–Crippen LogP) is -1.18. The van der Waals surface area contributed by atoms with Gasteiger partial charge in [-0.25, -0.2) is 17.9 Å². The molecule has 1 amide bonds. The molecule has 0 aliphatic rings. The van der Waals surface area contributed by atoms with Crippen LogP contribution in [0.2, 0.25) is 0 Å². The number of rotatable bonds is 6. The standard InChI is InChI=1S/C11H14N2O6S/c1-6-2-3-7(4-8(6)10(12)15)20(18,19)13-5-9(14)11(16)17/h2-4,9,13-14H,5H2,1H3,(H2,12,15)(H,16,17). The molecule has 1 unspecified atom stereocenters. The number of carbonyl (C=O) groups is 2. The van der Waals surface area contributed by atoms with Crippen LogP contribution in [-0.4, -0.2) is 43.2 Å². The van der Waals surface area contributed by atoms with Gasteiger partial charge in [-0.3, -0.25) is 4.79 Å². The number of primary amides is 1. The third kappa shape index (κ3) is 3.76. The third-order valence-corrected chi connectivity index (χ3v) is 3.96. The molecular weight excluding hydrogens is 288 g/mol. The normalized spacial score (nSPS) is 12.9. The lowest BCUT2D eigenvalue weighted by molar-refractivity contribution is -0.146. The van der Waals surface area contributed by atoms with Gasteiger partial charge in [-0.15, -0.1) is 0 Å². The zero-order valence-electron chi connectivity index (χ0n) is 10.5. The average Bonchev–Trinajstić information content (AvgIpc) is 2.35. The van der Waals surface area contributed by atoms with Crippen molar-refractivity contribution in [1.82, 2.24) is 4.72 Å². The number of carboxylic acids is 1. The van der Waals surface area contributed by atoms with Crippen LogP contribution >= 0.6 is 0 Å². The van der Waals surface area contributed by atoms with Crippen LogP contribution in [0, 0.1) is 6.92 Å². The summed E-state index contributed by atoms with van der Waals surface area (Å²) < 4.78 is 25.7. The largest absolute Gasteiger partial charge is 0.479 e. The highest BCUT2D eigenvalue weighted by Gasteiger charge is 2.20. The number of nitrogens with two attached hydrogens (primary N) is 1. The molecule has 0 heterocycles. The molecule has 0 saturated heterocycles. The molecule has 1 aromatic rings. The van der Waals surface area contributed by atoms with Crippen molar-refractivity contribution in [3.05, 3.63) is 29.3 Å². The van der Waals surface area contributed by atoms with Crippen molar-refractivity contribution < 1.29 is 28.2 Å². The predicted molar refractivity (Wildman–Crippen MR) is 68.5 cm³/mol. The fourth-order valence-electron chi connectivity index (χ4n) is 1.39. The third-order valence-electron chi connectivity index (χ3n) is 2.54. The summed E-state index contributed by atoms with van der Waals surface area (Å²) >= 11 is 0. The Morgan fingerprint density at radius 3 is 2.50 bits per heavy atom. The van der Waals surface area contributed by atoms with Gasteiger partial charge < -0.3 is 15.9 Å². The molecule has 0 saturated carbocycles. The average molecular weight is 302 g/mol. The van der Waals surface area contributed by atoms with Crippen molar-refractivity contribution in [3.8, 4) is 0 Å². The lowest BCUT2D eigenvalue weighted by Gasteiger charge is -2.10. The molecule has 0 aliphatic carbocycles. The van der Waals surface area contributed by atoms with Gasteiger partial charge in [0.15, 0.2) is 6.10 Å². The van der Waals surface area contributed by atoms with Gasteiger partial charge in [-0.05, 0) is 24.6 Å². The Morgan fingerprint density at radius 1 is 1.40 bits per heavy atom. The van der Waals surface area contributed by atoms with Crippen LogP contribution in [0.25, 0.3) is 0 Å². The van der Waals surface area contributed by atoms with Crippen LogP contribution in [0.15, 0.2) is 23.1 Å². The van der Waals surface area contributed by atoms with E-state index < -0.39 is 34.5 Å². The van der Waals surface area contributed by atoms with Gasteiger partial charge in [0.2, 0.25) is 15.9 Å². The van der Waals surface area contributed by atoms with E-state index in [1.165, 1.54) is 12.1 Å². The van der Waals surface area contributed by atoms with Crippen molar-refractivity contribution in [1.29, 1.82) is 0 Å². The number of aliphatic hydroxyl groups excluding tert-OH is 1. The first kappa shape index (κ1) is 16.1. The minimum absolute atomic E-state index is 0.0478. The molecule has 0 radical (unpaired) electrons. The van der Waals surface area contributed by atoms with E-state index in [1.807, 2.05) is 4.72 Å². The van der Waals surface area contributed by atoms with Gasteiger partial charge >= 0.3 is 5.97 Å². The highest BCUT2D eigenvalue weighted by atomic mass is 32.2. The van der Waals surface area contributed by atoms with Gasteiger partial charge in [0.25, 0.3) is 0 Å². The minimum atomic E-state index is -4.04. The van der Waals surface area contributed by atoms with Crippen LogP contribution in [0.3, 0.4) is 0 Å². The van der Waals surface area contributed by atoms with Crippen LogP contribution in [0.5, 0.6) is 0 Å². The van der Waals surface area contributed by atoms with Crippen molar-refractivity contribution in [2.45, 2.75) is 17.9 Å². The Labute approximate surface area is 115 Å². The minimum Gasteiger partial charge on any atom is -0.479 e. The molecule has 5 N–H and O–H groups in total. The first-order valence-corrected chi connectivity index (χ1v) is 6.94. The fraction of sp³-hybridized carbons (Fsp3) is 0.273. The molecule has 9 heteroatoms. The summed E-state index contributed by atoms with van der Waals surface area (Å²) in [4.78, 5) is 21.3. The number of aryl methyl sites for hydroxylation is 1. The van der Waals surface area contributed by atoms with Crippen molar-refractivity contribution >= 4 is 21.9 Å². The molecule has 0 fully saturated rings. The lowest BCUT2D eigenvalue weighted by Crippen LogP contribution is -2.36. The van der Waals surface area contributed by atoms with Gasteiger partial charge in [-0.2, -0.15) is 0 Å². The molecule has 8 nitrogen and oxygen atoms in total. The highest BCUT2D eigenvalue weighted by molar-refractivity contribution is 7.89. The summed E-state index contributed by atoms with van der Waals surface area (Å²) in [5, 5.41) is 17.5. The number of aliphatic carboxylic acids is 1. The summed E-state index contributed by atoms with van der Waals surface area (Å²) in [7, 11) is -4.04. The van der Waals surface area contributed by atoms with Crippen LogP contribution in [-0.2, 0) is 14.8 Å². The molecule has 0 spiro atoms. The molecule has 1 aromatic carbocycles. The van der Waals surface area contributed by atoms with E-state index in [4.69, 9.17) is 15.9 Å². The Balaban J connectivity index is 3.01. The number of sulfonamides is 1. The summed E-state index contributed by atoms with van der Waals surface area (Å²) in [5.41, 5.74) is 5.68. The van der Waals surface area contributed by atoms with E-state index in [0.29, 0.717) is 5.56 Å². The van der Waals surface area contributed by atoms with Gasteiger partial charge in [0, 0.05) is 12.1 Å². The Morgan fingerprint density at radius 2 is 2.00 bits per heavy atom. The number of aliphatic hydroxyl groups is 1.